The van der Waals surface area contributed by atoms with Crippen LogP contribution in [0.3, 0.4) is 0 Å². The fourth-order valence-electron chi connectivity index (χ4n) is 4.95. The maximum Gasteiger partial charge on any atom is 0.416 e. The van der Waals surface area contributed by atoms with Gasteiger partial charge in [-0.25, -0.2) is 13.9 Å². The van der Waals surface area contributed by atoms with E-state index in [0.717, 1.165) is 49.4 Å². The van der Waals surface area contributed by atoms with Crippen LogP contribution in [0.2, 0.25) is 5.02 Å². The van der Waals surface area contributed by atoms with Crippen LogP contribution < -0.4 is 4.90 Å². The molecular weight excluding hydrogens is 542 g/mol. The Bertz CT molecular complexity index is 1360. The van der Waals surface area contributed by atoms with Crippen LogP contribution in [0.1, 0.15) is 46.9 Å². The number of piperidine rings is 1. The molecule has 2 atom stereocenters. The molecule has 39 heavy (non-hydrogen) atoms. The molecule has 206 valence electrons. The summed E-state index contributed by atoms with van der Waals surface area (Å²) < 4.78 is 61.8. The van der Waals surface area contributed by atoms with Gasteiger partial charge in [-0.1, -0.05) is 23.2 Å². The highest BCUT2D eigenvalue weighted by Gasteiger charge is 2.45. The number of amides is 1. The standard InChI is InChI=1S/C26H24ClF4N5O3/c27-18-4-6-20(7-5-18)36-24(16-10-17(26(29,30)31)12-19(28)11-16)23(39-25(36)38)15-35-13-21(32-33-35)22(37)14-34-8-2-1-3-9-34/h4-7,10-13,23-24H,1-3,8-9,14-15H2/t23-,24-/m0/s1. The van der Waals surface area contributed by atoms with E-state index in [2.05, 4.69) is 10.3 Å². The Morgan fingerprint density at radius 3 is 2.49 bits per heavy atom. The van der Waals surface area contributed by atoms with Crippen molar-refractivity contribution in [3.05, 3.63) is 76.3 Å². The average Bonchev–Trinajstić information content (AvgIpc) is 3.48. The normalized spacial score (nSPS) is 20.3. The Labute approximate surface area is 226 Å². The number of carbonyl (C=O) groups excluding carboxylic acids is 2. The van der Waals surface area contributed by atoms with E-state index in [1.54, 1.807) is 0 Å². The molecule has 8 nitrogen and oxygen atoms in total. The molecule has 0 unspecified atom stereocenters. The van der Waals surface area contributed by atoms with Crippen LogP contribution in [0.5, 0.6) is 0 Å². The van der Waals surface area contributed by atoms with E-state index in [1.165, 1.54) is 35.1 Å². The summed E-state index contributed by atoms with van der Waals surface area (Å²) in [6.45, 7) is 1.72. The topological polar surface area (TPSA) is 80.6 Å². The number of hydrogen-bond donors (Lipinski definition) is 0. The number of nitrogens with zero attached hydrogens (tertiary/aromatic N) is 5. The number of rotatable bonds is 7. The van der Waals surface area contributed by atoms with Gasteiger partial charge in [0.05, 0.1) is 24.8 Å². The molecule has 0 aliphatic carbocycles. The summed E-state index contributed by atoms with van der Waals surface area (Å²) in [5, 5.41) is 8.31. The number of Topliss-reactive ketones (excluding diaryl/α,β-unsaturated/α-hetero) is 1. The van der Waals surface area contributed by atoms with Crippen LogP contribution in [-0.4, -0.2) is 57.5 Å². The molecule has 3 heterocycles. The highest BCUT2D eigenvalue weighted by atomic mass is 35.5. The van der Waals surface area contributed by atoms with Crippen molar-refractivity contribution in [1.82, 2.24) is 19.9 Å². The quantitative estimate of drug-likeness (QED) is 0.277. The monoisotopic (exact) mass is 565 g/mol. The Balaban J connectivity index is 1.44. The highest BCUT2D eigenvalue weighted by Crippen LogP contribution is 2.40. The van der Waals surface area contributed by atoms with Crippen molar-refractivity contribution in [3.63, 3.8) is 0 Å². The number of benzene rings is 2. The SMILES string of the molecule is O=C(CN1CCCCC1)c1cn(C[C@@H]2OC(=O)N(c3ccc(Cl)cc3)[C@H]2c2cc(F)cc(C(F)(F)F)c2)nn1. The summed E-state index contributed by atoms with van der Waals surface area (Å²) in [5.41, 5.74) is -0.889. The first-order valence-corrected chi connectivity index (χ1v) is 12.7. The molecule has 3 aromatic rings. The van der Waals surface area contributed by atoms with Crippen LogP contribution in [0.4, 0.5) is 28.0 Å². The number of anilines is 1. The molecule has 0 bridgehead atoms. The van der Waals surface area contributed by atoms with E-state index in [-0.39, 0.29) is 30.1 Å². The molecule has 1 amide bonds. The van der Waals surface area contributed by atoms with Crippen molar-refractivity contribution >= 4 is 29.2 Å². The van der Waals surface area contributed by atoms with Gasteiger partial charge in [0.2, 0.25) is 0 Å². The van der Waals surface area contributed by atoms with Crippen LogP contribution >= 0.6 is 11.6 Å². The van der Waals surface area contributed by atoms with Crippen LogP contribution in [0, 0.1) is 5.82 Å². The number of likely N-dealkylation sites (tertiary alicyclic amines) is 1. The second-order valence-corrected chi connectivity index (χ2v) is 10.0. The summed E-state index contributed by atoms with van der Waals surface area (Å²) in [6.07, 6.45) is -2.14. The number of aromatic nitrogens is 3. The minimum atomic E-state index is -4.81. The van der Waals surface area contributed by atoms with Gasteiger partial charge in [-0.3, -0.25) is 14.6 Å². The fourth-order valence-corrected chi connectivity index (χ4v) is 5.07. The van der Waals surface area contributed by atoms with Crippen molar-refractivity contribution in [2.45, 2.75) is 44.1 Å². The molecule has 0 radical (unpaired) electrons. The first-order valence-electron chi connectivity index (χ1n) is 12.4. The largest absolute Gasteiger partial charge is 0.441 e. The Morgan fingerprint density at radius 2 is 1.79 bits per heavy atom. The molecule has 1 aromatic heterocycles. The predicted molar refractivity (Wildman–Crippen MR) is 133 cm³/mol. The van der Waals surface area contributed by atoms with E-state index in [1.807, 2.05) is 4.90 Å². The smallest absolute Gasteiger partial charge is 0.416 e. The number of hydrogen-bond acceptors (Lipinski definition) is 6. The molecule has 2 aliphatic heterocycles. The summed E-state index contributed by atoms with van der Waals surface area (Å²) in [5.74, 6) is -1.33. The molecule has 0 N–H and O–H groups in total. The molecule has 2 saturated heterocycles. The molecule has 2 aliphatic rings. The first-order chi connectivity index (χ1) is 18.6. The van der Waals surface area contributed by atoms with E-state index in [4.69, 9.17) is 16.3 Å². The van der Waals surface area contributed by atoms with Crippen molar-refractivity contribution < 1.29 is 31.9 Å². The summed E-state index contributed by atoms with van der Waals surface area (Å²) in [6, 6.07) is 7.02. The third-order valence-electron chi connectivity index (χ3n) is 6.78. The Morgan fingerprint density at radius 1 is 1.08 bits per heavy atom. The minimum Gasteiger partial charge on any atom is -0.441 e. The zero-order valence-corrected chi connectivity index (χ0v) is 21.3. The second kappa shape index (κ2) is 10.9. The van der Waals surface area contributed by atoms with Crippen molar-refractivity contribution in [2.24, 2.45) is 0 Å². The molecule has 5 rings (SSSR count). The van der Waals surface area contributed by atoms with Gasteiger partial charge in [-0.2, -0.15) is 13.2 Å². The zero-order chi connectivity index (χ0) is 27.7. The fraction of sp³-hybridized carbons (Fsp3) is 0.385. The van der Waals surface area contributed by atoms with Crippen LogP contribution in [-0.2, 0) is 17.5 Å². The maximum atomic E-state index is 14.4. The number of ether oxygens (including phenoxy) is 1. The molecular formula is C26H24ClF4N5O3. The van der Waals surface area contributed by atoms with Gasteiger partial charge >= 0.3 is 12.3 Å². The third kappa shape index (κ3) is 6.06. The van der Waals surface area contributed by atoms with E-state index >= 15 is 0 Å². The molecule has 2 aromatic carbocycles. The lowest BCUT2D eigenvalue weighted by Gasteiger charge is -2.26. The molecule has 0 spiro atoms. The molecule has 2 fully saturated rings. The average molecular weight is 566 g/mol. The number of carbonyl (C=O) groups is 2. The van der Waals surface area contributed by atoms with Crippen LogP contribution in [0.25, 0.3) is 0 Å². The minimum absolute atomic E-state index is 0.116. The van der Waals surface area contributed by atoms with Gasteiger partial charge in [-0.15, -0.1) is 5.10 Å². The van der Waals surface area contributed by atoms with E-state index < -0.39 is 35.8 Å². The van der Waals surface area contributed by atoms with Crippen molar-refractivity contribution in [3.8, 4) is 0 Å². The lowest BCUT2D eigenvalue weighted by atomic mass is 9.97. The number of halogens is 5. The van der Waals surface area contributed by atoms with Gasteiger partial charge in [0, 0.05) is 10.7 Å². The number of alkyl halides is 3. The summed E-state index contributed by atoms with van der Waals surface area (Å²) in [4.78, 5) is 28.9. The predicted octanol–water partition coefficient (Wildman–Crippen LogP) is 5.52. The molecule has 13 heteroatoms. The second-order valence-electron chi connectivity index (χ2n) is 9.57. The Kier molecular flexibility index (Phi) is 7.59. The van der Waals surface area contributed by atoms with Gasteiger partial charge < -0.3 is 4.74 Å². The lowest BCUT2D eigenvalue weighted by Crippen LogP contribution is -2.34. The van der Waals surface area contributed by atoms with E-state index in [9.17, 15) is 27.2 Å². The first kappa shape index (κ1) is 27.1. The van der Waals surface area contributed by atoms with Gasteiger partial charge in [0.15, 0.2) is 5.78 Å². The lowest BCUT2D eigenvalue weighted by molar-refractivity contribution is -0.137. The van der Waals surface area contributed by atoms with E-state index in [0.29, 0.717) is 16.8 Å². The van der Waals surface area contributed by atoms with Crippen molar-refractivity contribution in [1.29, 1.82) is 0 Å². The maximum absolute atomic E-state index is 14.4. The highest BCUT2D eigenvalue weighted by molar-refractivity contribution is 6.30. The summed E-state index contributed by atoms with van der Waals surface area (Å²) >= 11 is 5.97. The zero-order valence-electron chi connectivity index (χ0n) is 20.6. The third-order valence-corrected chi connectivity index (χ3v) is 7.03. The molecule has 0 saturated carbocycles. The number of cyclic esters (lactones) is 1. The van der Waals surface area contributed by atoms with Gasteiger partial charge in [0.1, 0.15) is 23.7 Å². The van der Waals surface area contributed by atoms with Gasteiger partial charge in [-0.05, 0) is 74.0 Å². The van der Waals surface area contributed by atoms with Crippen LogP contribution in [0.15, 0.2) is 48.7 Å². The Hall–Kier alpha value is -3.51. The summed E-state index contributed by atoms with van der Waals surface area (Å²) in [7, 11) is 0. The van der Waals surface area contributed by atoms with Crippen molar-refractivity contribution in [2.75, 3.05) is 24.5 Å². The number of ketones is 1. The van der Waals surface area contributed by atoms with Gasteiger partial charge in [0.25, 0.3) is 0 Å².